The summed E-state index contributed by atoms with van der Waals surface area (Å²) in [6.45, 7) is 0.150. The predicted octanol–water partition coefficient (Wildman–Crippen LogP) is 2.35. The molecule has 0 aliphatic carbocycles. The Bertz CT molecular complexity index is 1230. The normalized spacial score (nSPS) is 10.6. The number of primary amides is 1. The van der Waals surface area contributed by atoms with Crippen LogP contribution < -0.4 is 26.7 Å². The number of pyridine rings is 1. The van der Waals surface area contributed by atoms with Gasteiger partial charge in [-0.3, -0.25) is 9.59 Å². The zero-order chi connectivity index (χ0) is 22.7. The molecule has 7 N–H and O–H groups in total. The number of carboxylic acids is 1. The number of nitriles is 1. The van der Waals surface area contributed by atoms with Crippen LogP contribution >= 0.6 is 11.3 Å². The first-order valence-corrected chi connectivity index (χ1v) is 9.84. The van der Waals surface area contributed by atoms with Crippen LogP contribution in [0.5, 0.6) is 11.5 Å². The number of ether oxygens (including phenoxy) is 2. The Morgan fingerprint density at radius 2 is 2.03 bits per heavy atom. The number of thiophene rings is 1. The number of hydrogen-bond acceptors (Lipinski definition) is 9. The maximum absolute atomic E-state index is 11.8. The maximum atomic E-state index is 11.8. The number of aromatic nitrogens is 1. The quantitative estimate of drug-likeness (QED) is 0.380. The number of amides is 1. The van der Waals surface area contributed by atoms with E-state index in [1.54, 1.807) is 18.2 Å². The fourth-order valence-electron chi connectivity index (χ4n) is 3.11. The molecule has 10 nitrogen and oxygen atoms in total. The first-order chi connectivity index (χ1) is 14.8. The van der Waals surface area contributed by atoms with Gasteiger partial charge in [0.15, 0.2) is 11.5 Å². The number of anilines is 2. The largest absolute Gasteiger partial charge is 0.493 e. The monoisotopic (exact) mass is 441 g/mol. The van der Waals surface area contributed by atoms with Crippen LogP contribution in [-0.2, 0) is 4.79 Å². The Morgan fingerprint density at radius 1 is 1.29 bits per heavy atom. The van der Waals surface area contributed by atoms with E-state index in [1.165, 1.54) is 7.11 Å². The molecule has 160 valence electrons. The number of fused-ring (bicyclic) bond motifs is 1. The topological polar surface area (TPSA) is 188 Å². The highest BCUT2D eigenvalue weighted by molar-refractivity contribution is 7.21. The van der Waals surface area contributed by atoms with Crippen LogP contribution in [0.15, 0.2) is 18.2 Å². The molecule has 1 amide bonds. The van der Waals surface area contributed by atoms with Crippen LogP contribution in [-0.4, -0.2) is 35.7 Å². The lowest BCUT2D eigenvalue weighted by atomic mass is 9.97. The molecule has 3 aromatic rings. The summed E-state index contributed by atoms with van der Waals surface area (Å²) in [5, 5.41) is 18.9. The van der Waals surface area contributed by atoms with Gasteiger partial charge in [0.2, 0.25) is 0 Å². The number of nitrogen functional groups attached to an aromatic ring is 2. The van der Waals surface area contributed by atoms with Gasteiger partial charge >= 0.3 is 5.97 Å². The second kappa shape index (κ2) is 8.76. The fraction of sp³-hybridized carbons (Fsp3) is 0.200. The summed E-state index contributed by atoms with van der Waals surface area (Å²) in [5.41, 5.74) is 18.7. The Kier molecular flexibility index (Phi) is 6.12. The third-order valence-corrected chi connectivity index (χ3v) is 5.60. The molecule has 2 heterocycles. The van der Waals surface area contributed by atoms with Crippen molar-refractivity contribution in [2.75, 3.05) is 25.2 Å². The fourth-order valence-corrected chi connectivity index (χ4v) is 4.07. The highest BCUT2D eigenvalue weighted by atomic mass is 32.1. The summed E-state index contributed by atoms with van der Waals surface area (Å²) >= 11 is 0.994. The lowest BCUT2D eigenvalue weighted by Gasteiger charge is -2.14. The molecule has 0 radical (unpaired) electrons. The summed E-state index contributed by atoms with van der Waals surface area (Å²) < 4.78 is 11.0. The minimum Gasteiger partial charge on any atom is -0.493 e. The molecule has 0 fully saturated rings. The first kappa shape index (κ1) is 21.7. The van der Waals surface area contributed by atoms with Crippen LogP contribution in [0.25, 0.3) is 21.3 Å². The number of carbonyl (C=O) groups excluding carboxylic acids is 1. The summed E-state index contributed by atoms with van der Waals surface area (Å²) in [6, 6.07) is 7.01. The standard InChI is InChI=1S/C20H19N5O5S/c1-29-11-5-4-9(7-12(11)30-6-2-3-13(26)27)14-10(8-21)18(23)25-20-15(14)16(22)17(31-20)19(24)28/h4-5,7H,2-3,6,22H2,1H3,(H2,23,25)(H2,24,28)(H,26,27). The third-order valence-electron chi connectivity index (χ3n) is 4.49. The molecule has 11 heteroatoms. The van der Waals surface area contributed by atoms with Crippen molar-refractivity contribution in [3.05, 3.63) is 28.6 Å². The van der Waals surface area contributed by atoms with Gasteiger partial charge in [-0.05, 0) is 24.1 Å². The molecule has 0 aliphatic rings. The average molecular weight is 441 g/mol. The van der Waals surface area contributed by atoms with Crippen molar-refractivity contribution in [2.45, 2.75) is 12.8 Å². The number of carbonyl (C=O) groups is 2. The van der Waals surface area contributed by atoms with E-state index in [1.807, 2.05) is 6.07 Å². The predicted molar refractivity (Wildman–Crippen MR) is 116 cm³/mol. The molecule has 0 atom stereocenters. The van der Waals surface area contributed by atoms with E-state index in [0.29, 0.717) is 39.3 Å². The lowest BCUT2D eigenvalue weighted by molar-refractivity contribution is -0.137. The van der Waals surface area contributed by atoms with Crippen LogP contribution in [0.1, 0.15) is 28.1 Å². The molecular weight excluding hydrogens is 422 g/mol. The summed E-state index contributed by atoms with van der Waals surface area (Å²) in [7, 11) is 1.47. The summed E-state index contributed by atoms with van der Waals surface area (Å²) in [5.74, 6) is -0.868. The Hall–Kier alpha value is -4.04. The zero-order valence-electron chi connectivity index (χ0n) is 16.5. The van der Waals surface area contributed by atoms with Crippen LogP contribution in [0.2, 0.25) is 0 Å². The van der Waals surface area contributed by atoms with Gasteiger partial charge in [-0.25, -0.2) is 4.98 Å². The van der Waals surface area contributed by atoms with Gasteiger partial charge < -0.3 is 31.8 Å². The molecule has 0 aliphatic heterocycles. The number of hydrogen-bond donors (Lipinski definition) is 4. The third kappa shape index (κ3) is 4.15. The highest BCUT2D eigenvalue weighted by Crippen LogP contribution is 2.44. The number of carboxylic acid groups (broad SMARTS) is 1. The van der Waals surface area contributed by atoms with E-state index in [0.717, 1.165) is 11.3 Å². The molecular formula is C20H19N5O5S. The van der Waals surface area contributed by atoms with E-state index >= 15 is 0 Å². The molecule has 3 rings (SSSR count). The van der Waals surface area contributed by atoms with E-state index in [-0.39, 0.29) is 35.0 Å². The van der Waals surface area contributed by atoms with Crippen LogP contribution in [0.3, 0.4) is 0 Å². The van der Waals surface area contributed by atoms with Gasteiger partial charge in [-0.15, -0.1) is 11.3 Å². The number of aliphatic carboxylic acids is 1. The second-order valence-electron chi connectivity index (χ2n) is 6.46. The molecule has 0 saturated carbocycles. The smallest absolute Gasteiger partial charge is 0.303 e. The van der Waals surface area contributed by atoms with Crippen LogP contribution in [0.4, 0.5) is 11.5 Å². The first-order valence-electron chi connectivity index (χ1n) is 9.02. The average Bonchev–Trinajstić information content (AvgIpc) is 3.06. The number of benzene rings is 1. The van der Waals surface area contributed by atoms with Gasteiger partial charge in [0.1, 0.15) is 27.2 Å². The van der Waals surface area contributed by atoms with Gasteiger partial charge in [-0.2, -0.15) is 5.26 Å². The maximum Gasteiger partial charge on any atom is 0.303 e. The SMILES string of the molecule is COc1ccc(-c2c(C#N)c(N)nc3sc(C(N)=O)c(N)c23)cc1OCCCC(=O)O. The zero-order valence-corrected chi connectivity index (χ0v) is 17.3. The molecule has 0 saturated heterocycles. The number of nitrogens with two attached hydrogens (primary N) is 3. The summed E-state index contributed by atoms with van der Waals surface area (Å²) in [6.07, 6.45) is 0.265. The van der Waals surface area contributed by atoms with Gasteiger partial charge in [0.05, 0.1) is 19.4 Å². The van der Waals surface area contributed by atoms with Gasteiger partial charge in [0, 0.05) is 17.4 Å². The van der Waals surface area contributed by atoms with Crippen molar-refractivity contribution in [3.63, 3.8) is 0 Å². The lowest BCUT2D eigenvalue weighted by Crippen LogP contribution is -2.10. The minimum absolute atomic E-state index is 0.0120. The molecule has 0 spiro atoms. The van der Waals surface area contributed by atoms with Crippen molar-refractivity contribution >= 4 is 44.9 Å². The summed E-state index contributed by atoms with van der Waals surface area (Å²) in [4.78, 5) is 27.2. The minimum atomic E-state index is -0.921. The number of nitrogens with zero attached hydrogens (tertiary/aromatic N) is 2. The number of methoxy groups -OCH3 is 1. The van der Waals surface area contributed by atoms with Gasteiger partial charge in [0.25, 0.3) is 5.91 Å². The Balaban J connectivity index is 2.18. The van der Waals surface area contributed by atoms with E-state index < -0.39 is 11.9 Å². The van der Waals surface area contributed by atoms with Crippen LogP contribution in [0, 0.1) is 11.3 Å². The molecule has 1 aromatic carbocycles. The molecule has 2 aromatic heterocycles. The highest BCUT2D eigenvalue weighted by Gasteiger charge is 2.24. The Labute approximate surface area is 180 Å². The van der Waals surface area contributed by atoms with Gasteiger partial charge in [-0.1, -0.05) is 6.07 Å². The Morgan fingerprint density at radius 3 is 2.65 bits per heavy atom. The number of rotatable bonds is 8. The van der Waals surface area contributed by atoms with Crippen molar-refractivity contribution in [1.29, 1.82) is 5.26 Å². The van der Waals surface area contributed by atoms with Crippen molar-refractivity contribution in [2.24, 2.45) is 5.73 Å². The molecule has 0 bridgehead atoms. The van der Waals surface area contributed by atoms with Crippen molar-refractivity contribution < 1.29 is 24.2 Å². The van der Waals surface area contributed by atoms with Crippen molar-refractivity contribution in [1.82, 2.24) is 4.98 Å². The molecule has 0 unspecified atom stereocenters. The van der Waals surface area contributed by atoms with E-state index in [2.05, 4.69) is 4.98 Å². The second-order valence-corrected chi connectivity index (χ2v) is 7.46. The van der Waals surface area contributed by atoms with E-state index in [4.69, 9.17) is 31.8 Å². The van der Waals surface area contributed by atoms with E-state index in [9.17, 15) is 14.9 Å². The van der Waals surface area contributed by atoms with Crippen molar-refractivity contribution in [3.8, 4) is 28.7 Å². The molecule has 31 heavy (non-hydrogen) atoms.